The number of hydrogen-bond acceptors (Lipinski definition) is 3. The van der Waals surface area contributed by atoms with E-state index in [9.17, 15) is 0 Å². The third kappa shape index (κ3) is 2.72. The van der Waals surface area contributed by atoms with E-state index in [1.807, 2.05) is 18.2 Å². The van der Waals surface area contributed by atoms with E-state index < -0.39 is 0 Å². The molecule has 0 heterocycles. The summed E-state index contributed by atoms with van der Waals surface area (Å²) < 4.78 is 11.5. The lowest BCUT2D eigenvalue weighted by atomic mass is 10.1. The Morgan fingerprint density at radius 3 is 2.53 bits per heavy atom. The highest BCUT2D eigenvalue weighted by atomic mass is 16.5. The molecule has 94 valence electrons. The monoisotopic (exact) mass is 235 g/mol. The van der Waals surface area contributed by atoms with Crippen LogP contribution in [-0.2, 0) is 6.54 Å². The molecule has 1 fully saturated rings. The van der Waals surface area contributed by atoms with E-state index in [0.29, 0.717) is 6.54 Å². The molecule has 0 aromatic heterocycles. The molecule has 17 heavy (non-hydrogen) atoms. The molecule has 3 nitrogen and oxygen atoms in total. The number of methoxy groups -OCH3 is 1. The molecular weight excluding hydrogens is 214 g/mol. The number of hydrogen-bond donors (Lipinski definition) is 1. The fraction of sp³-hybridized carbons (Fsp3) is 0.571. The van der Waals surface area contributed by atoms with E-state index in [-0.39, 0.29) is 5.60 Å². The highest BCUT2D eigenvalue weighted by Gasteiger charge is 2.31. The molecule has 0 amide bonds. The molecule has 1 aliphatic carbocycles. The van der Waals surface area contributed by atoms with Gasteiger partial charge in [0.1, 0.15) is 5.60 Å². The lowest BCUT2D eigenvalue weighted by molar-refractivity contribution is 0.0926. The zero-order valence-electron chi connectivity index (χ0n) is 10.7. The third-order valence-electron chi connectivity index (χ3n) is 3.48. The lowest BCUT2D eigenvalue weighted by Crippen LogP contribution is -2.28. The van der Waals surface area contributed by atoms with Crippen molar-refractivity contribution in [2.75, 3.05) is 7.11 Å². The smallest absolute Gasteiger partial charge is 0.162 e. The van der Waals surface area contributed by atoms with Crippen molar-refractivity contribution in [2.45, 2.75) is 44.8 Å². The van der Waals surface area contributed by atoms with Crippen LogP contribution in [0.5, 0.6) is 11.5 Å². The van der Waals surface area contributed by atoms with Crippen molar-refractivity contribution in [3.8, 4) is 11.5 Å². The van der Waals surface area contributed by atoms with E-state index >= 15 is 0 Å². The molecule has 1 aromatic rings. The van der Waals surface area contributed by atoms with Crippen LogP contribution < -0.4 is 15.2 Å². The Kier molecular flexibility index (Phi) is 3.57. The maximum Gasteiger partial charge on any atom is 0.162 e. The van der Waals surface area contributed by atoms with Crippen LogP contribution in [0.1, 0.15) is 38.2 Å². The second kappa shape index (κ2) is 4.96. The van der Waals surface area contributed by atoms with E-state index in [4.69, 9.17) is 15.2 Å². The summed E-state index contributed by atoms with van der Waals surface area (Å²) in [5.41, 5.74) is 6.65. The summed E-state index contributed by atoms with van der Waals surface area (Å²) in [6.07, 6.45) is 4.74. The maximum absolute atomic E-state index is 6.12. The molecule has 1 saturated carbocycles. The van der Waals surface area contributed by atoms with Gasteiger partial charge in [0, 0.05) is 6.54 Å². The van der Waals surface area contributed by atoms with Gasteiger partial charge in [0.2, 0.25) is 0 Å². The molecule has 2 rings (SSSR count). The minimum Gasteiger partial charge on any atom is -0.493 e. The Balaban J connectivity index is 2.20. The number of rotatable bonds is 4. The standard InChI is InChI=1S/C14H21NO2/c1-14(7-3-4-8-14)17-12-6-5-11(10-15)9-13(12)16-2/h5-6,9H,3-4,7-8,10,15H2,1-2H3. The second-order valence-corrected chi connectivity index (χ2v) is 4.95. The van der Waals surface area contributed by atoms with Crippen LogP contribution in [0.15, 0.2) is 18.2 Å². The predicted octanol–water partition coefficient (Wildman–Crippen LogP) is 2.87. The van der Waals surface area contributed by atoms with Crippen molar-refractivity contribution < 1.29 is 9.47 Å². The van der Waals surface area contributed by atoms with Gasteiger partial charge in [0.05, 0.1) is 7.11 Å². The molecule has 1 aromatic carbocycles. The minimum absolute atomic E-state index is 0.0302. The van der Waals surface area contributed by atoms with Gasteiger partial charge in [-0.15, -0.1) is 0 Å². The van der Waals surface area contributed by atoms with Crippen LogP contribution >= 0.6 is 0 Å². The van der Waals surface area contributed by atoms with E-state index in [0.717, 1.165) is 29.9 Å². The first-order valence-corrected chi connectivity index (χ1v) is 6.23. The summed E-state index contributed by atoms with van der Waals surface area (Å²) in [5.74, 6) is 1.61. The summed E-state index contributed by atoms with van der Waals surface area (Å²) in [6, 6.07) is 5.91. The summed E-state index contributed by atoms with van der Waals surface area (Å²) in [5, 5.41) is 0. The molecule has 3 heteroatoms. The van der Waals surface area contributed by atoms with E-state index in [2.05, 4.69) is 6.92 Å². The van der Waals surface area contributed by atoms with Crippen molar-refractivity contribution >= 4 is 0 Å². The Labute approximate surface area is 103 Å². The zero-order valence-corrected chi connectivity index (χ0v) is 10.7. The number of ether oxygens (including phenoxy) is 2. The predicted molar refractivity (Wildman–Crippen MR) is 68.4 cm³/mol. The molecule has 1 aliphatic rings. The first kappa shape index (κ1) is 12.2. The van der Waals surface area contributed by atoms with Crippen LogP contribution in [0.4, 0.5) is 0 Å². The first-order chi connectivity index (χ1) is 8.17. The molecule has 2 N–H and O–H groups in total. The Bertz CT molecular complexity index is 384. The van der Waals surface area contributed by atoms with Crippen molar-refractivity contribution in [3.63, 3.8) is 0 Å². The molecule has 0 bridgehead atoms. The third-order valence-corrected chi connectivity index (χ3v) is 3.48. The van der Waals surface area contributed by atoms with Gasteiger partial charge in [0.15, 0.2) is 11.5 Å². The van der Waals surface area contributed by atoms with Crippen LogP contribution in [0.3, 0.4) is 0 Å². The Hall–Kier alpha value is -1.22. The van der Waals surface area contributed by atoms with E-state index in [1.54, 1.807) is 7.11 Å². The fourth-order valence-electron chi connectivity index (χ4n) is 2.41. The fourth-order valence-corrected chi connectivity index (χ4v) is 2.41. The van der Waals surface area contributed by atoms with E-state index in [1.165, 1.54) is 12.8 Å². The van der Waals surface area contributed by atoms with Gasteiger partial charge in [0.25, 0.3) is 0 Å². The average molecular weight is 235 g/mol. The normalized spacial score (nSPS) is 18.1. The highest BCUT2D eigenvalue weighted by Crippen LogP contribution is 2.38. The SMILES string of the molecule is COc1cc(CN)ccc1OC1(C)CCCC1. The highest BCUT2D eigenvalue weighted by molar-refractivity contribution is 5.43. The molecule has 0 unspecified atom stereocenters. The topological polar surface area (TPSA) is 44.5 Å². The molecular formula is C14H21NO2. The summed E-state index contributed by atoms with van der Waals surface area (Å²) >= 11 is 0. The molecule has 0 spiro atoms. The maximum atomic E-state index is 6.12. The van der Waals surface area contributed by atoms with Crippen LogP contribution in [0.2, 0.25) is 0 Å². The largest absolute Gasteiger partial charge is 0.493 e. The van der Waals surface area contributed by atoms with Gasteiger partial charge < -0.3 is 15.2 Å². The Morgan fingerprint density at radius 2 is 1.94 bits per heavy atom. The number of nitrogens with two attached hydrogens (primary N) is 1. The minimum atomic E-state index is -0.0302. The van der Waals surface area contributed by atoms with Gasteiger partial charge in [-0.25, -0.2) is 0 Å². The van der Waals surface area contributed by atoms with Gasteiger partial charge in [-0.3, -0.25) is 0 Å². The molecule has 0 aliphatic heterocycles. The van der Waals surface area contributed by atoms with Gasteiger partial charge in [-0.1, -0.05) is 6.07 Å². The van der Waals surface area contributed by atoms with Crippen molar-refractivity contribution in [2.24, 2.45) is 5.73 Å². The van der Waals surface area contributed by atoms with Gasteiger partial charge in [-0.05, 0) is 50.3 Å². The van der Waals surface area contributed by atoms with Crippen LogP contribution in [0.25, 0.3) is 0 Å². The molecule has 0 saturated heterocycles. The first-order valence-electron chi connectivity index (χ1n) is 6.23. The van der Waals surface area contributed by atoms with Crippen molar-refractivity contribution in [1.82, 2.24) is 0 Å². The van der Waals surface area contributed by atoms with Crippen LogP contribution in [-0.4, -0.2) is 12.7 Å². The number of benzene rings is 1. The van der Waals surface area contributed by atoms with Crippen molar-refractivity contribution in [1.29, 1.82) is 0 Å². The average Bonchev–Trinajstić information content (AvgIpc) is 2.76. The lowest BCUT2D eigenvalue weighted by Gasteiger charge is -2.26. The summed E-state index contributed by atoms with van der Waals surface area (Å²) in [6.45, 7) is 2.70. The van der Waals surface area contributed by atoms with Crippen LogP contribution in [0, 0.1) is 0 Å². The molecule has 0 atom stereocenters. The Morgan fingerprint density at radius 1 is 1.24 bits per heavy atom. The second-order valence-electron chi connectivity index (χ2n) is 4.95. The molecule has 0 radical (unpaired) electrons. The van der Waals surface area contributed by atoms with Gasteiger partial charge in [-0.2, -0.15) is 0 Å². The summed E-state index contributed by atoms with van der Waals surface area (Å²) in [4.78, 5) is 0. The van der Waals surface area contributed by atoms with Gasteiger partial charge >= 0.3 is 0 Å². The van der Waals surface area contributed by atoms with Crippen molar-refractivity contribution in [3.05, 3.63) is 23.8 Å². The summed E-state index contributed by atoms with van der Waals surface area (Å²) in [7, 11) is 1.67. The zero-order chi connectivity index (χ0) is 12.3. The quantitative estimate of drug-likeness (QED) is 0.872.